The molecule has 0 atom stereocenters. The number of nitrogens with zero attached hydrogens (tertiary/aromatic N) is 2. The van der Waals surface area contributed by atoms with E-state index in [0.29, 0.717) is 23.2 Å². The molecule has 0 aliphatic heterocycles. The molecule has 1 aromatic heterocycles. The van der Waals surface area contributed by atoms with Crippen LogP contribution in [0.25, 0.3) is 11.0 Å². The molecule has 9 heteroatoms. The first-order valence-electron chi connectivity index (χ1n) is 6.42. The SMILES string of the molecule is N#Cc1nc2cc(Oc3c(F)cc(C(F)(F)F)cc3Cl)ccc2[nH]1. The van der Waals surface area contributed by atoms with Crippen LogP contribution in [0.4, 0.5) is 17.6 Å². The standard InChI is InChI=1S/C15H6ClF4N3O/c16-9-3-7(15(18,19)20)4-10(17)14(9)24-8-1-2-11-12(5-8)23-13(6-21)22-11/h1-5H,(H,22,23). The number of hydrogen-bond acceptors (Lipinski definition) is 3. The highest BCUT2D eigenvalue weighted by molar-refractivity contribution is 6.32. The van der Waals surface area contributed by atoms with Gasteiger partial charge in [0.15, 0.2) is 11.6 Å². The lowest BCUT2D eigenvalue weighted by atomic mass is 10.2. The Morgan fingerprint density at radius 2 is 1.96 bits per heavy atom. The number of rotatable bonds is 2. The van der Waals surface area contributed by atoms with Gasteiger partial charge in [0.05, 0.1) is 21.6 Å². The van der Waals surface area contributed by atoms with Gasteiger partial charge in [0.1, 0.15) is 11.8 Å². The summed E-state index contributed by atoms with van der Waals surface area (Å²) < 4.78 is 57.0. The van der Waals surface area contributed by atoms with Crippen LogP contribution in [0.5, 0.6) is 11.5 Å². The van der Waals surface area contributed by atoms with Gasteiger partial charge in [-0.3, -0.25) is 0 Å². The zero-order chi connectivity index (χ0) is 17.5. The lowest BCUT2D eigenvalue weighted by Gasteiger charge is -2.12. The minimum absolute atomic E-state index is 0.0842. The summed E-state index contributed by atoms with van der Waals surface area (Å²) in [5.74, 6) is -1.57. The third-order valence-electron chi connectivity index (χ3n) is 3.11. The van der Waals surface area contributed by atoms with Gasteiger partial charge in [0.2, 0.25) is 5.82 Å². The van der Waals surface area contributed by atoms with Crippen LogP contribution in [0, 0.1) is 17.1 Å². The van der Waals surface area contributed by atoms with Crippen LogP contribution in [0.2, 0.25) is 5.02 Å². The van der Waals surface area contributed by atoms with Crippen LogP contribution in [0.1, 0.15) is 11.4 Å². The molecule has 122 valence electrons. The van der Waals surface area contributed by atoms with Gasteiger partial charge >= 0.3 is 6.18 Å². The lowest BCUT2D eigenvalue weighted by Crippen LogP contribution is -2.06. The van der Waals surface area contributed by atoms with Gasteiger partial charge in [-0.05, 0) is 24.3 Å². The smallest absolute Gasteiger partial charge is 0.416 e. The molecule has 0 bridgehead atoms. The Hall–Kier alpha value is -2.79. The van der Waals surface area contributed by atoms with Crippen molar-refractivity contribution in [3.63, 3.8) is 0 Å². The Balaban J connectivity index is 1.98. The molecule has 0 spiro atoms. The third kappa shape index (κ3) is 2.98. The van der Waals surface area contributed by atoms with Gasteiger partial charge in [0.25, 0.3) is 0 Å². The molecule has 0 saturated heterocycles. The largest absolute Gasteiger partial charge is 0.453 e. The summed E-state index contributed by atoms with van der Waals surface area (Å²) in [4.78, 5) is 6.68. The maximum atomic E-state index is 13.9. The Labute approximate surface area is 137 Å². The minimum atomic E-state index is -4.72. The van der Waals surface area contributed by atoms with Crippen LogP contribution in [-0.2, 0) is 6.18 Å². The normalized spacial score (nSPS) is 11.5. The van der Waals surface area contributed by atoms with Gasteiger partial charge in [-0.2, -0.15) is 18.4 Å². The van der Waals surface area contributed by atoms with Crippen LogP contribution >= 0.6 is 11.6 Å². The predicted molar refractivity (Wildman–Crippen MR) is 77.3 cm³/mol. The summed E-state index contributed by atoms with van der Waals surface area (Å²) in [7, 11) is 0. The topological polar surface area (TPSA) is 61.7 Å². The summed E-state index contributed by atoms with van der Waals surface area (Å²) >= 11 is 5.71. The number of fused-ring (bicyclic) bond motifs is 1. The highest BCUT2D eigenvalue weighted by Gasteiger charge is 2.32. The molecule has 1 N–H and O–H groups in total. The molecule has 0 unspecified atom stereocenters. The zero-order valence-electron chi connectivity index (χ0n) is 11.6. The Morgan fingerprint density at radius 1 is 1.21 bits per heavy atom. The predicted octanol–water partition coefficient (Wildman–Crippen LogP) is 5.04. The summed E-state index contributed by atoms with van der Waals surface area (Å²) in [6, 6.07) is 7.10. The number of alkyl halides is 3. The zero-order valence-corrected chi connectivity index (χ0v) is 12.3. The van der Waals surface area contributed by atoms with E-state index in [-0.39, 0.29) is 11.6 Å². The number of imidazole rings is 1. The molecular formula is C15H6ClF4N3O. The molecule has 0 saturated carbocycles. The summed E-state index contributed by atoms with van der Waals surface area (Å²) in [6.45, 7) is 0. The van der Waals surface area contributed by atoms with E-state index in [1.54, 1.807) is 0 Å². The fourth-order valence-electron chi connectivity index (χ4n) is 2.04. The molecule has 0 aliphatic carbocycles. The number of hydrogen-bond donors (Lipinski definition) is 1. The summed E-state index contributed by atoms with van der Waals surface area (Å²) in [6.07, 6.45) is -4.72. The van der Waals surface area contributed by atoms with Crippen LogP contribution in [0.15, 0.2) is 30.3 Å². The lowest BCUT2D eigenvalue weighted by molar-refractivity contribution is -0.137. The van der Waals surface area contributed by atoms with Crippen molar-refractivity contribution in [2.75, 3.05) is 0 Å². The molecule has 4 nitrogen and oxygen atoms in total. The third-order valence-corrected chi connectivity index (χ3v) is 3.39. The maximum absolute atomic E-state index is 13.9. The van der Waals surface area contributed by atoms with Crippen molar-refractivity contribution in [1.29, 1.82) is 5.26 Å². The molecule has 0 amide bonds. The number of nitrogens with one attached hydrogen (secondary N) is 1. The molecule has 1 heterocycles. The second-order valence-corrected chi connectivity index (χ2v) is 5.15. The quantitative estimate of drug-likeness (QED) is 0.655. The van der Waals surface area contributed by atoms with Gasteiger partial charge in [0, 0.05) is 6.07 Å². The number of nitriles is 1. The van der Waals surface area contributed by atoms with Crippen LogP contribution in [0.3, 0.4) is 0 Å². The van der Waals surface area contributed by atoms with Crippen LogP contribution < -0.4 is 4.74 Å². The second kappa shape index (κ2) is 5.69. The van der Waals surface area contributed by atoms with Crippen molar-refractivity contribution in [1.82, 2.24) is 9.97 Å². The molecule has 24 heavy (non-hydrogen) atoms. The van der Waals surface area contributed by atoms with E-state index in [4.69, 9.17) is 21.6 Å². The second-order valence-electron chi connectivity index (χ2n) is 4.75. The van der Waals surface area contributed by atoms with Crippen molar-refractivity contribution < 1.29 is 22.3 Å². The molecule has 3 aromatic rings. The minimum Gasteiger partial charge on any atom is -0.453 e. The van der Waals surface area contributed by atoms with E-state index in [1.807, 2.05) is 6.07 Å². The molecular weight excluding hydrogens is 350 g/mol. The Kier molecular flexibility index (Phi) is 3.81. The van der Waals surface area contributed by atoms with Crippen molar-refractivity contribution in [3.8, 4) is 17.6 Å². The van der Waals surface area contributed by atoms with Crippen molar-refractivity contribution in [3.05, 3.63) is 52.6 Å². The van der Waals surface area contributed by atoms with Crippen molar-refractivity contribution in [2.24, 2.45) is 0 Å². The number of aromatic amines is 1. The van der Waals surface area contributed by atoms with Gasteiger partial charge in [-0.25, -0.2) is 9.37 Å². The monoisotopic (exact) mass is 355 g/mol. The molecule has 0 fully saturated rings. The highest BCUT2D eigenvalue weighted by atomic mass is 35.5. The molecule has 3 rings (SSSR count). The first-order chi connectivity index (χ1) is 11.3. The maximum Gasteiger partial charge on any atom is 0.416 e. The number of aromatic nitrogens is 2. The van der Waals surface area contributed by atoms with E-state index < -0.39 is 28.3 Å². The Morgan fingerprint density at radius 3 is 2.58 bits per heavy atom. The molecule has 2 aromatic carbocycles. The summed E-state index contributed by atoms with van der Waals surface area (Å²) in [5, 5.41) is 8.26. The van der Waals surface area contributed by atoms with Crippen molar-refractivity contribution >= 4 is 22.6 Å². The van der Waals surface area contributed by atoms with Crippen LogP contribution in [-0.4, -0.2) is 9.97 Å². The molecule has 0 aliphatic rings. The average molecular weight is 356 g/mol. The summed E-state index contributed by atoms with van der Waals surface area (Å²) in [5.41, 5.74) is -0.274. The average Bonchev–Trinajstić information content (AvgIpc) is 2.92. The van der Waals surface area contributed by atoms with Gasteiger partial charge in [-0.1, -0.05) is 11.6 Å². The van der Waals surface area contributed by atoms with E-state index in [1.165, 1.54) is 18.2 Å². The number of ether oxygens (including phenoxy) is 1. The Bertz CT molecular complexity index is 952. The van der Waals surface area contributed by atoms with Crippen molar-refractivity contribution in [2.45, 2.75) is 6.18 Å². The molecule has 0 radical (unpaired) electrons. The first-order valence-corrected chi connectivity index (χ1v) is 6.79. The number of H-pyrrole nitrogens is 1. The van der Waals surface area contributed by atoms with E-state index in [0.717, 1.165) is 0 Å². The fourth-order valence-corrected chi connectivity index (χ4v) is 2.29. The van der Waals surface area contributed by atoms with Gasteiger partial charge < -0.3 is 9.72 Å². The van der Waals surface area contributed by atoms with E-state index in [9.17, 15) is 17.6 Å². The fraction of sp³-hybridized carbons (Fsp3) is 0.0667. The van der Waals surface area contributed by atoms with Gasteiger partial charge in [-0.15, -0.1) is 0 Å². The highest BCUT2D eigenvalue weighted by Crippen LogP contribution is 2.38. The number of benzene rings is 2. The van der Waals surface area contributed by atoms with E-state index >= 15 is 0 Å². The van der Waals surface area contributed by atoms with E-state index in [2.05, 4.69) is 9.97 Å². The first kappa shape index (κ1) is 16.1. The number of halogens is 5.